The van der Waals surface area contributed by atoms with Crippen LogP contribution in [0.4, 0.5) is 5.13 Å². The number of rotatable bonds is 4. The molecule has 0 aliphatic heterocycles. The van der Waals surface area contributed by atoms with Crippen molar-refractivity contribution in [2.75, 3.05) is 5.32 Å². The Hall–Kier alpha value is -2.06. The summed E-state index contributed by atoms with van der Waals surface area (Å²) in [6.07, 6.45) is 6.49. The van der Waals surface area contributed by atoms with Crippen molar-refractivity contribution in [1.29, 1.82) is 0 Å². The summed E-state index contributed by atoms with van der Waals surface area (Å²) in [5, 5.41) is 5.89. The molecule has 1 unspecified atom stereocenters. The first-order chi connectivity index (χ1) is 13.3. The molecule has 6 nitrogen and oxygen atoms in total. The number of thiazole rings is 1. The average molecular weight is 417 g/mol. The molecule has 3 heterocycles. The second-order valence-electron chi connectivity index (χ2n) is 8.37. The molecule has 4 rings (SSSR count). The summed E-state index contributed by atoms with van der Waals surface area (Å²) >= 11 is 3.03. The van der Waals surface area contributed by atoms with E-state index in [-0.39, 0.29) is 23.3 Å². The molecule has 0 bridgehead atoms. The minimum Gasteiger partial charge on any atom is -0.302 e. The van der Waals surface area contributed by atoms with Gasteiger partial charge in [-0.05, 0) is 36.2 Å². The lowest BCUT2D eigenvalue weighted by Gasteiger charge is -2.33. The standard InChI is InChI=1S/C20H24N4O2S2/c1-20(2,3)12-4-5-13-14(10-12)28-17-16(13)18(26)24(11-22-17)8-6-15(25)23-19-21-7-9-27-19/h7,9,11-12H,4-6,8,10H2,1-3H3,(H,21,23,25). The highest BCUT2D eigenvalue weighted by atomic mass is 32.1. The second kappa shape index (κ2) is 7.40. The van der Waals surface area contributed by atoms with E-state index in [9.17, 15) is 9.59 Å². The van der Waals surface area contributed by atoms with Crippen LogP contribution in [0, 0.1) is 11.3 Å². The Morgan fingerprint density at radius 3 is 2.89 bits per heavy atom. The number of nitrogens with zero attached hydrogens (tertiary/aromatic N) is 3. The predicted octanol–water partition coefficient (Wildman–Crippen LogP) is 4.09. The zero-order valence-electron chi connectivity index (χ0n) is 16.3. The number of fused-ring (bicyclic) bond motifs is 3. The SMILES string of the molecule is CC(C)(C)C1CCc2c(sc3ncn(CCC(=O)Nc4nccs4)c(=O)c23)C1. The lowest BCUT2D eigenvalue weighted by molar-refractivity contribution is -0.116. The molecule has 0 spiro atoms. The topological polar surface area (TPSA) is 76.9 Å². The van der Waals surface area contributed by atoms with Crippen LogP contribution in [-0.2, 0) is 24.2 Å². The molecule has 1 aliphatic carbocycles. The molecule has 8 heteroatoms. The van der Waals surface area contributed by atoms with Crippen LogP contribution in [0.5, 0.6) is 0 Å². The number of anilines is 1. The summed E-state index contributed by atoms with van der Waals surface area (Å²) in [6, 6.07) is 0. The van der Waals surface area contributed by atoms with Crippen molar-refractivity contribution in [1.82, 2.24) is 14.5 Å². The molecular formula is C20H24N4O2S2. The molecule has 3 aromatic rings. The van der Waals surface area contributed by atoms with Crippen LogP contribution in [0.1, 0.15) is 44.1 Å². The molecule has 0 radical (unpaired) electrons. The average Bonchev–Trinajstić information content (AvgIpc) is 3.27. The molecule has 0 saturated carbocycles. The maximum atomic E-state index is 13.1. The summed E-state index contributed by atoms with van der Waals surface area (Å²) < 4.78 is 1.56. The molecule has 1 N–H and O–H groups in total. The van der Waals surface area contributed by atoms with Crippen molar-refractivity contribution in [3.8, 4) is 0 Å². The number of thiophene rings is 1. The number of hydrogen-bond acceptors (Lipinski definition) is 6. The molecule has 1 aliphatic rings. The zero-order chi connectivity index (χ0) is 19.9. The van der Waals surface area contributed by atoms with E-state index in [1.165, 1.54) is 21.8 Å². The van der Waals surface area contributed by atoms with Gasteiger partial charge in [0.25, 0.3) is 5.56 Å². The van der Waals surface area contributed by atoms with Crippen molar-refractivity contribution in [3.05, 3.63) is 38.7 Å². The third-order valence-electron chi connectivity index (χ3n) is 5.52. The highest BCUT2D eigenvalue weighted by molar-refractivity contribution is 7.18. The third-order valence-corrected chi connectivity index (χ3v) is 7.37. The molecule has 1 amide bonds. The van der Waals surface area contributed by atoms with Crippen molar-refractivity contribution in [2.24, 2.45) is 11.3 Å². The van der Waals surface area contributed by atoms with E-state index in [0.717, 1.165) is 29.5 Å². The maximum Gasteiger partial charge on any atom is 0.262 e. The van der Waals surface area contributed by atoms with Gasteiger partial charge in [0, 0.05) is 29.4 Å². The molecule has 0 fully saturated rings. The summed E-state index contributed by atoms with van der Waals surface area (Å²) in [6.45, 7) is 7.18. The normalized spacial score (nSPS) is 16.9. The molecule has 0 saturated heterocycles. The van der Waals surface area contributed by atoms with Crippen LogP contribution in [0.2, 0.25) is 0 Å². The van der Waals surface area contributed by atoms with Gasteiger partial charge in [-0.25, -0.2) is 9.97 Å². The van der Waals surface area contributed by atoms with E-state index in [0.29, 0.717) is 17.6 Å². The Morgan fingerprint density at radius 1 is 1.36 bits per heavy atom. The summed E-state index contributed by atoms with van der Waals surface area (Å²) in [7, 11) is 0. The Bertz CT molecular complexity index is 1060. The van der Waals surface area contributed by atoms with E-state index < -0.39 is 0 Å². The molecule has 3 aromatic heterocycles. The van der Waals surface area contributed by atoms with Gasteiger partial charge in [-0.15, -0.1) is 22.7 Å². The van der Waals surface area contributed by atoms with Crippen LogP contribution in [-0.4, -0.2) is 20.4 Å². The Labute approximate surface area is 171 Å². The fraction of sp³-hybridized carbons (Fsp3) is 0.500. The molecule has 0 aromatic carbocycles. The van der Waals surface area contributed by atoms with Gasteiger partial charge in [0.15, 0.2) is 5.13 Å². The van der Waals surface area contributed by atoms with Crippen LogP contribution < -0.4 is 10.9 Å². The Balaban J connectivity index is 1.54. The van der Waals surface area contributed by atoms with Crippen LogP contribution in [0.3, 0.4) is 0 Å². The molecule has 1 atom stereocenters. The van der Waals surface area contributed by atoms with E-state index in [2.05, 4.69) is 36.1 Å². The smallest absolute Gasteiger partial charge is 0.262 e. The number of hydrogen-bond donors (Lipinski definition) is 1. The number of nitrogens with one attached hydrogen (secondary N) is 1. The van der Waals surface area contributed by atoms with Crippen molar-refractivity contribution >= 4 is 43.9 Å². The van der Waals surface area contributed by atoms with Gasteiger partial charge >= 0.3 is 0 Å². The second-order valence-corrected chi connectivity index (χ2v) is 10.3. The Morgan fingerprint density at radius 2 is 2.18 bits per heavy atom. The number of carbonyl (C=O) groups excluding carboxylic acids is 1. The van der Waals surface area contributed by atoms with E-state index >= 15 is 0 Å². The molecule has 28 heavy (non-hydrogen) atoms. The fourth-order valence-corrected chi connectivity index (χ4v) is 5.59. The highest BCUT2D eigenvalue weighted by Gasteiger charge is 2.31. The summed E-state index contributed by atoms with van der Waals surface area (Å²) in [5.41, 5.74) is 1.42. The summed E-state index contributed by atoms with van der Waals surface area (Å²) in [4.78, 5) is 35.9. The number of amides is 1. The molecule has 148 valence electrons. The van der Waals surface area contributed by atoms with Crippen molar-refractivity contribution in [3.63, 3.8) is 0 Å². The molecular weight excluding hydrogens is 392 g/mol. The lowest BCUT2D eigenvalue weighted by Crippen LogP contribution is -2.27. The van der Waals surface area contributed by atoms with Crippen molar-refractivity contribution < 1.29 is 4.79 Å². The predicted molar refractivity (Wildman–Crippen MR) is 114 cm³/mol. The minimum absolute atomic E-state index is 0.0289. The van der Waals surface area contributed by atoms with Gasteiger partial charge in [-0.3, -0.25) is 14.2 Å². The quantitative estimate of drug-likeness (QED) is 0.695. The third kappa shape index (κ3) is 3.75. The van der Waals surface area contributed by atoms with Crippen LogP contribution in [0.15, 0.2) is 22.7 Å². The first kappa shape index (κ1) is 19.3. The largest absolute Gasteiger partial charge is 0.302 e. The fourth-order valence-electron chi connectivity index (χ4n) is 3.79. The summed E-state index contributed by atoms with van der Waals surface area (Å²) in [5.74, 6) is 0.479. The van der Waals surface area contributed by atoms with Gasteiger partial charge in [-0.1, -0.05) is 20.8 Å². The van der Waals surface area contributed by atoms with Gasteiger partial charge in [-0.2, -0.15) is 0 Å². The first-order valence-electron chi connectivity index (χ1n) is 9.52. The Kier molecular flexibility index (Phi) is 5.09. The van der Waals surface area contributed by atoms with E-state index in [1.807, 2.05) is 5.38 Å². The lowest BCUT2D eigenvalue weighted by atomic mass is 9.72. The van der Waals surface area contributed by atoms with Crippen molar-refractivity contribution in [2.45, 2.75) is 53.0 Å². The van der Waals surface area contributed by atoms with Gasteiger partial charge in [0.1, 0.15) is 4.83 Å². The van der Waals surface area contributed by atoms with E-state index in [4.69, 9.17) is 0 Å². The zero-order valence-corrected chi connectivity index (χ0v) is 18.0. The van der Waals surface area contributed by atoms with Gasteiger partial charge in [0.2, 0.25) is 5.91 Å². The number of aromatic nitrogens is 3. The monoisotopic (exact) mass is 416 g/mol. The first-order valence-corrected chi connectivity index (χ1v) is 11.2. The van der Waals surface area contributed by atoms with Crippen LogP contribution >= 0.6 is 22.7 Å². The van der Waals surface area contributed by atoms with E-state index in [1.54, 1.807) is 28.4 Å². The number of carbonyl (C=O) groups is 1. The van der Waals surface area contributed by atoms with Gasteiger partial charge < -0.3 is 5.32 Å². The van der Waals surface area contributed by atoms with Gasteiger partial charge in [0.05, 0.1) is 11.7 Å². The maximum absolute atomic E-state index is 13.1. The number of aryl methyl sites for hydroxylation is 2. The minimum atomic E-state index is -0.151. The highest BCUT2D eigenvalue weighted by Crippen LogP contribution is 2.41. The van der Waals surface area contributed by atoms with Crippen LogP contribution in [0.25, 0.3) is 10.2 Å².